The van der Waals surface area contributed by atoms with Crippen LogP contribution in [0.4, 0.5) is 4.39 Å². The summed E-state index contributed by atoms with van der Waals surface area (Å²) in [4.78, 5) is 5.16. The molecule has 0 unspecified atom stereocenters. The van der Waals surface area contributed by atoms with E-state index in [1.165, 1.54) is 44.8 Å². The second-order valence-electron chi connectivity index (χ2n) is 6.81. The molecular formula is C19H29FN2O. The van der Waals surface area contributed by atoms with Crippen molar-refractivity contribution in [2.45, 2.75) is 38.1 Å². The average molecular weight is 320 g/mol. The van der Waals surface area contributed by atoms with Crippen LogP contribution in [0.15, 0.2) is 24.3 Å². The Morgan fingerprint density at radius 2 is 1.96 bits per heavy atom. The molecule has 2 heterocycles. The lowest BCUT2D eigenvalue weighted by Gasteiger charge is -2.37. The van der Waals surface area contributed by atoms with Crippen molar-refractivity contribution in [3.8, 4) is 0 Å². The van der Waals surface area contributed by atoms with E-state index in [0.29, 0.717) is 6.04 Å². The van der Waals surface area contributed by atoms with Crippen LogP contribution in [0.3, 0.4) is 0 Å². The first kappa shape index (κ1) is 16.9. The zero-order valence-corrected chi connectivity index (χ0v) is 14.1. The van der Waals surface area contributed by atoms with Gasteiger partial charge in [0, 0.05) is 25.7 Å². The molecular weight excluding hydrogens is 291 g/mol. The van der Waals surface area contributed by atoms with Gasteiger partial charge in [-0.25, -0.2) is 4.39 Å². The van der Waals surface area contributed by atoms with Gasteiger partial charge >= 0.3 is 0 Å². The fourth-order valence-corrected chi connectivity index (χ4v) is 3.80. The lowest BCUT2D eigenvalue weighted by molar-refractivity contribution is 0.0308. The molecule has 1 aromatic carbocycles. The first-order chi connectivity index (χ1) is 11.3. The fourth-order valence-electron chi connectivity index (χ4n) is 3.80. The predicted molar refractivity (Wildman–Crippen MR) is 91.2 cm³/mol. The summed E-state index contributed by atoms with van der Waals surface area (Å²) in [6.07, 6.45) is 6.17. The van der Waals surface area contributed by atoms with Crippen molar-refractivity contribution in [1.29, 1.82) is 0 Å². The normalized spacial score (nSPS) is 24.0. The SMILES string of the molecule is Fc1cccc(CCN2CCCC[C@@H]2CCN2CCOCC2)c1. The third-order valence-corrected chi connectivity index (χ3v) is 5.21. The van der Waals surface area contributed by atoms with Gasteiger partial charge in [0.05, 0.1) is 13.2 Å². The van der Waals surface area contributed by atoms with E-state index < -0.39 is 0 Å². The molecule has 1 aromatic rings. The number of morpholine rings is 1. The van der Waals surface area contributed by atoms with Crippen molar-refractivity contribution in [2.75, 3.05) is 45.9 Å². The van der Waals surface area contributed by atoms with Gasteiger partial charge < -0.3 is 9.64 Å². The van der Waals surface area contributed by atoms with Crippen molar-refractivity contribution >= 4 is 0 Å². The standard InChI is InChI=1S/C19H29FN2O/c20-18-5-3-4-17(16-18)7-11-22-9-2-1-6-19(22)8-10-21-12-14-23-15-13-21/h3-5,16,19H,1-2,6-15H2/t19-/m1/s1. The molecule has 0 saturated carbocycles. The predicted octanol–water partition coefficient (Wildman–Crippen LogP) is 2.95. The number of hydrogen-bond acceptors (Lipinski definition) is 3. The third-order valence-electron chi connectivity index (χ3n) is 5.21. The first-order valence-electron chi connectivity index (χ1n) is 9.10. The topological polar surface area (TPSA) is 15.7 Å². The van der Waals surface area contributed by atoms with E-state index in [-0.39, 0.29) is 5.82 Å². The van der Waals surface area contributed by atoms with Crippen LogP contribution in [0, 0.1) is 5.82 Å². The van der Waals surface area contributed by atoms with Crippen LogP contribution in [0.2, 0.25) is 0 Å². The molecule has 2 saturated heterocycles. The molecule has 0 amide bonds. The maximum Gasteiger partial charge on any atom is 0.123 e. The Balaban J connectivity index is 1.47. The molecule has 3 nitrogen and oxygen atoms in total. The van der Waals surface area contributed by atoms with Gasteiger partial charge in [-0.3, -0.25) is 4.90 Å². The van der Waals surface area contributed by atoms with Crippen molar-refractivity contribution in [2.24, 2.45) is 0 Å². The lowest BCUT2D eigenvalue weighted by atomic mass is 9.98. The molecule has 3 rings (SSSR count). The van der Waals surface area contributed by atoms with Crippen LogP contribution in [0.1, 0.15) is 31.2 Å². The Labute approximate surface area is 139 Å². The highest BCUT2D eigenvalue weighted by Gasteiger charge is 2.23. The summed E-state index contributed by atoms with van der Waals surface area (Å²) in [6.45, 7) is 7.36. The Morgan fingerprint density at radius 1 is 1.09 bits per heavy atom. The number of piperidine rings is 1. The summed E-state index contributed by atoms with van der Waals surface area (Å²) in [5.74, 6) is -0.120. The number of ether oxygens (including phenoxy) is 1. The van der Waals surface area contributed by atoms with E-state index in [4.69, 9.17) is 4.74 Å². The van der Waals surface area contributed by atoms with Crippen LogP contribution in [-0.2, 0) is 11.2 Å². The van der Waals surface area contributed by atoms with Crippen LogP contribution in [0.5, 0.6) is 0 Å². The van der Waals surface area contributed by atoms with Gasteiger partial charge in [0.2, 0.25) is 0 Å². The van der Waals surface area contributed by atoms with Gasteiger partial charge in [0.25, 0.3) is 0 Å². The molecule has 0 aliphatic carbocycles. The van der Waals surface area contributed by atoms with Crippen molar-refractivity contribution in [3.05, 3.63) is 35.6 Å². The highest BCUT2D eigenvalue weighted by molar-refractivity contribution is 5.16. The Bertz CT molecular complexity index is 476. The van der Waals surface area contributed by atoms with Crippen LogP contribution in [0.25, 0.3) is 0 Å². The monoisotopic (exact) mass is 320 g/mol. The number of rotatable bonds is 6. The maximum atomic E-state index is 13.3. The average Bonchev–Trinajstić information content (AvgIpc) is 2.60. The Hall–Kier alpha value is -0.970. The van der Waals surface area contributed by atoms with Crippen molar-refractivity contribution in [3.63, 3.8) is 0 Å². The smallest absolute Gasteiger partial charge is 0.123 e. The zero-order valence-electron chi connectivity index (χ0n) is 14.1. The van der Waals surface area contributed by atoms with Gasteiger partial charge in [0.1, 0.15) is 5.82 Å². The second kappa shape index (κ2) is 8.76. The largest absolute Gasteiger partial charge is 0.379 e. The first-order valence-corrected chi connectivity index (χ1v) is 9.10. The quantitative estimate of drug-likeness (QED) is 0.801. The number of hydrogen-bond donors (Lipinski definition) is 0. The van der Waals surface area contributed by atoms with E-state index in [0.717, 1.165) is 44.8 Å². The minimum Gasteiger partial charge on any atom is -0.379 e. The molecule has 128 valence electrons. The summed E-state index contributed by atoms with van der Waals surface area (Å²) in [5, 5.41) is 0. The van der Waals surface area contributed by atoms with E-state index in [9.17, 15) is 4.39 Å². The molecule has 0 aromatic heterocycles. The van der Waals surface area contributed by atoms with Gasteiger partial charge in [-0.05, 0) is 56.5 Å². The fraction of sp³-hybridized carbons (Fsp3) is 0.684. The molecule has 0 bridgehead atoms. The zero-order chi connectivity index (χ0) is 15.9. The van der Waals surface area contributed by atoms with E-state index >= 15 is 0 Å². The van der Waals surface area contributed by atoms with Gasteiger partial charge in [0.15, 0.2) is 0 Å². The summed E-state index contributed by atoms with van der Waals surface area (Å²) in [7, 11) is 0. The summed E-state index contributed by atoms with van der Waals surface area (Å²) >= 11 is 0. The lowest BCUT2D eigenvalue weighted by Crippen LogP contribution is -2.44. The molecule has 0 radical (unpaired) electrons. The molecule has 0 N–H and O–H groups in total. The number of nitrogens with zero attached hydrogens (tertiary/aromatic N) is 2. The molecule has 23 heavy (non-hydrogen) atoms. The minimum atomic E-state index is -0.120. The number of halogens is 1. The molecule has 4 heteroatoms. The summed E-state index contributed by atoms with van der Waals surface area (Å²) < 4.78 is 18.7. The van der Waals surface area contributed by atoms with Crippen LogP contribution in [-0.4, -0.2) is 61.8 Å². The van der Waals surface area contributed by atoms with E-state index in [1.54, 1.807) is 6.07 Å². The van der Waals surface area contributed by atoms with E-state index in [1.807, 2.05) is 12.1 Å². The van der Waals surface area contributed by atoms with E-state index in [2.05, 4.69) is 9.80 Å². The van der Waals surface area contributed by atoms with Crippen LogP contribution < -0.4 is 0 Å². The molecule has 2 fully saturated rings. The summed E-state index contributed by atoms with van der Waals surface area (Å²) in [5.41, 5.74) is 1.11. The molecule has 2 aliphatic heterocycles. The second-order valence-corrected chi connectivity index (χ2v) is 6.81. The van der Waals surface area contributed by atoms with Crippen LogP contribution >= 0.6 is 0 Å². The van der Waals surface area contributed by atoms with Crippen molar-refractivity contribution in [1.82, 2.24) is 9.80 Å². The molecule has 1 atom stereocenters. The minimum absolute atomic E-state index is 0.120. The highest BCUT2D eigenvalue weighted by Crippen LogP contribution is 2.21. The van der Waals surface area contributed by atoms with Crippen molar-refractivity contribution < 1.29 is 9.13 Å². The third kappa shape index (κ3) is 5.27. The Kier molecular flexibility index (Phi) is 6.43. The Morgan fingerprint density at radius 3 is 2.78 bits per heavy atom. The highest BCUT2D eigenvalue weighted by atomic mass is 19.1. The van der Waals surface area contributed by atoms with Gasteiger partial charge in [-0.1, -0.05) is 18.6 Å². The van der Waals surface area contributed by atoms with Gasteiger partial charge in [-0.2, -0.15) is 0 Å². The maximum absolute atomic E-state index is 13.3. The molecule has 0 spiro atoms. The summed E-state index contributed by atoms with van der Waals surface area (Å²) in [6, 6.07) is 7.74. The molecule has 2 aliphatic rings. The van der Waals surface area contributed by atoms with Gasteiger partial charge in [-0.15, -0.1) is 0 Å². The number of likely N-dealkylation sites (tertiary alicyclic amines) is 1. The number of benzene rings is 1.